The number of halogens is 4. The summed E-state index contributed by atoms with van der Waals surface area (Å²) in [6.45, 7) is -0.0323. The molecule has 2 heterocycles. The molecular weight excluding hydrogens is 262 g/mol. The zero-order valence-electron chi connectivity index (χ0n) is 10.3. The first kappa shape index (κ1) is 14.0. The van der Waals surface area contributed by atoms with E-state index in [1.54, 1.807) is 6.07 Å². The molecule has 0 atom stereocenters. The van der Waals surface area contributed by atoms with Crippen LogP contribution >= 0.6 is 0 Å². The number of hydrogen-bond donors (Lipinski definition) is 1. The van der Waals surface area contributed by atoms with Gasteiger partial charge in [0.2, 0.25) is 5.95 Å². The van der Waals surface area contributed by atoms with Gasteiger partial charge in [-0.15, -0.1) is 0 Å². The maximum absolute atomic E-state index is 12.6. The van der Waals surface area contributed by atoms with Gasteiger partial charge in [-0.1, -0.05) is 0 Å². The fourth-order valence-corrected chi connectivity index (χ4v) is 2.19. The lowest BCUT2D eigenvalue weighted by atomic mass is 10.0. The van der Waals surface area contributed by atoms with Crippen LogP contribution < -0.4 is 5.32 Å². The average molecular weight is 277 g/mol. The highest BCUT2D eigenvalue weighted by molar-refractivity contribution is 5.41. The van der Waals surface area contributed by atoms with Crippen LogP contribution in [0.5, 0.6) is 0 Å². The molecule has 2 rings (SSSR count). The van der Waals surface area contributed by atoms with Gasteiger partial charge in [0.25, 0.3) is 0 Å². The number of pyridine rings is 1. The van der Waals surface area contributed by atoms with Crippen LogP contribution in [0.3, 0.4) is 0 Å². The number of hydrogen-bond acceptors (Lipinski definition) is 3. The molecule has 1 fully saturated rings. The Morgan fingerprint density at radius 1 is 1.26 bits per heavy atom. The fourth-order valence-electron chi connectivity index (χ4n) is 2.19. The minimum atomic E-state index is -4.14. The number of nitrogens with zero attached hydrogens (tertiary/aromatic N) is 2. The smallest absolute Gasteiger partial charge is 0.381 e. The Kier molecular flexibility index (Phi) is 4.24. The Balaban J connectivity index is 1.79. The van der Waals surface area contributed by atoms with Crippen molar-refractivity contribution in [3.8, 4) is 0 Å². The normalized spacial score (nSPS) is 18.5. The summed E-state index contributed by atoms with van der Waals surface area (Å²) >= 11 is 0. The standard InChI is InChI=1S/C12H15F4N3/c13-11-2-1-10(7-17-11)18-9-3-5-19(6-4-9)8-12(14,15)16/h1-2,7,9,18H,3-6,8H2. The summed E-state index contributed by atoms with van der Waals surface area (Å²) in [5.74, 6) is -0.550. The van der Waals surface area contributed by atoms with Crippen LogP contribution in [0.1, 0.15) is 12.8 Å². The number of likely N-dealkylation sites (tertiary alicyclic amines) is 1. The van der Waals surface area contributed by atoms with Crippen LogP contribution in [0, 0.1) is 5.95 Å². The van der Waals surface area contributed by atoms with Crippen LogP contribution in [0.25, 0.3) is 0 Å². The zero-order valence-corrected chi connectivity index (χ0v) is 10.3. The minimum Gasteiger partial charge on any atom is -0.381 e. The van der Waals surface area contributed by atoms with Crippen LogP contribution in [0.4, 0.5) is 23.2 Å². The molecule has 0 aliphatic carbocycles. The number of nitrogens with one attached hydrogen (secondary N) is 1. The molecular formula is C12H15F4N3. The Bertz CT molecular complexity index is 396. The van der Waals surface area contributed by atoms with E-state index < -0.39 is 18.7 Å². The van der Waals surface area contributed by atoms with Gasteiger partial charge in [0, 0.05) is 19.1 Å². The van der Waals surface area contributed by atoms with Crippen molar-refractivity contribution < 1.29 is 17.6 Å². The molecule has 0 spiro atoms. The Morgan fingerprint density at radius 2 is 1.95 bits per heavy atom. The van der Waals surface area contributed by atoms with E-state index in [-0.39, 0.29) is 6.04 Å². The minimum absolute atomic E-state index is 0.108. The molecule has 3 nitrogen and oxygen atoms in total. The largest absolute Gasteiger partial charge is 0.401 e. The van der Waals surface area contributed by atoms with Crippen molar-refractivity contribution in [2.24, 2.45) is 0 Å². The lowest BCUT2D eigenvalue weighted by Crippen LogP contribution is -2.43. The van der Waals surface area contributed by atoms with Gasteiger partial charge >= 0.3 is 6.18 Å². The van der Waals surface area contributed by atoms with E-state index in [1.807, 2.05) is 0 Å². The fraction of sp³-hybridized carbons (Fsp3) is 0.583. The maximum atomic E-state index is 12.6. The van der Waals surface area contributed by atoms with E-state index >= 15 is 0 Å². The molecule has 1 saturated heterocycles. The first-order valence-corrected chi connectivity index (χ1v) is 6.09. The summed E-state index contributed by atoms with van der Waals surface area (Å²) in [5, 5.41) is 3.15. The zero-order chi connectivity index (χ0) is 13.9. The van der Waals surface area contributed by atoms with Crippen LogP contribution in [0.2, 0.25) is 0 Å². The summed E-state index contributed by atoms with van der Waals surface area (Å²) in [6.07, 6.45) is -1.49. The molecule has 0 aromatic carbocycles. The van der Waals surface area contributed by atoms with Crippen molar-refractivity contribution in [3.05, 3.63) is 24.3 Å². The molecule has 0 radical (unpaired) electrons. The Labute approximate surface area is 108 Å². The molecule has 7 heteroatoms. The van der Waals surface area contributed by atoms with E-state index in [2.05, 4.69) is 10.3 Å². The summed E-state index contributed by atoms with van der Waals surface area (Å²) in [7, 11) is 0. The van der Waals surface area contributed by atoms with Gasteiger partial charge in [-0.2, -0.15) is 17.6 Å². The van der Waals surface area contributed by atoms with Crippen molar-refractivity contribution in [2.75, 3.05) is 25.0 Å². The van der Waals surface area contributed by atoms with Crippen molar-refractivity contribution in [2.45, 2.75) is 25.1 Å². The second-order valence-electron chi connectivity index (χ2n) is 4.68. The number of anilines is 1. The number of alkyl halides is 3. The monoisotopic (exact) mass is 277 g/mol. The molecule has 0 unspecified atom stereocenters. The second kappa shape index (κ2) is 5.73. The molecule has 1 N–H and O–H groups in total. The Hall–Kier alpha value is -1.37. The highest BCUT2D eigenvalue weighted by Gasteiger charge is 2.32. The van der Waals surface area contributed by atoms with Gasteiger partial charge in [-0.3, -0.25) is 4.90 Å². The summed E-state index contributed by atoms with van der Waals surface area (Å²) in [4.78, 5) is 4.92. The molecule has 0 bridgehead atoms. The molecule has 1 aromatic rings. The van der Waals surface area contributed by atoms with Gasteiger partial charge in [-0.25, -0.2) is 4.98 Å². The topological polar surface area (TPSA) is 28.2 Å². The SMILES string of the molecule is Fc1ccc(NC2CCN(CC(F)(F)F)CC2)cn1. The predicted molar refractivity (Wildman–Crippen MR) is 63.3 cm³/mol. The lowest BCUT2D eigenvalue weighted by molar-refractivity contribution is -0.147. The van der Waals surface area contributed by atoms with Gasteiger partial charge in [0.1, 0.15) is 0 Å². The third-order valence-electron chi connectivity index (χ3n) is 3.09. The van der Waals surface area contributed by atoms with Crippen molar-refractivity contribution in [1.82, 2.24) is 9.88 Å². The number of rotatable bonds is 3. The third kappa shape index (κ3) is 4.66. The predicted octanol–water partition coefficient (Wildman–Crippen LogP) is 2.66. The third-order valence-corrected chi connectivity index (χ3v) is 3.09. The average Bonchev–Trinajstić information content (AvgIpc) is 2.33. The lowest BCUT2D eigenvalue weighted by Gasteiger charge is -2.33. The van der Waals surface area contributed by atoms with E-state index in [9.17, 15) is 17.6 Å². The number of aromatic nitrogens is 1. The molecule has 106 valence electrons. The molecule has 0 amide bonds. The highest BCUT2D eigenvalue weighted by atomic mass is 19.4. The van der Waals surface area contributed by atoms with E-state index in [1.165, 1.54) is 17.2 Å². The molecule has 19 heavy (non-hydrogen) atoms. The summed E-state index contributed by atoms with van der Waals surface area (Å²) in [6, 6.07) is 2.93. The van der Waals surface area contributed by atoms with Crippen LogP contribution in [0.15, 0.2) is 18.3 Å². The second-order valence-corrected chi connectivity index (χ2v) is 4.68. The quantitative estimate of drug-likeness (QED) is 0.680. The van der Waals surface area contributed by atoms with E-state index in [0.717, 1.165) is 0 Å². The maximum Gasteiger partial charge on any atom is 0.401 e. The molecule has 0 saturated carbocycles. The molecule has 1 aromatic heterocycles. The van der Waals surface area contributed by atoms with E-state index in [4.69, 9.17) is 0 Å². The van der Waals surface area contributed by atoms with Gasteiger partial charge in [-0.05, 0) is 25.0 Å². The van der Waals surface area contributed by atoms with Crippen molar-refractivity contribution in [3.63, 3.8) is 0 Å². The summed E-state index contributed by atoms with van der Waals surface area (Å²) < 4.78 is 49.3. The van der Waals surface area contributed by atoms with Crippen molar-refractivity contribution >= 4 is 5.69 Å². The Morgan fingerprint density at radius 3 is 2.47 bits per heavy atom. The molecule has 1 aliphatic heterocycles. The highest BCUT2D eigenvalue weighted by Crippen LogP contribution is 2.21. The van der Waals surface area contributed by atoms with Gasteiger partial charge < -0.3 is 5.32 Å². The van der Waals surface area contributed by atoms with Crippen LogP contribution in [-0.4, -0.2) is 41.7 Å². The van der Waals surface area contributed by atoms with Gasteiger partial charge in [0.15, 0.2) is 0 Å². The number of piperidine rings is 1. The first-order chi connectivity index (χ1) is 8.92. The van der Waals surface area contributed by atoms with Crippen molar-refractivity contribution in [1.29, 1.82) is 0 Å². The van der Waals surface area contributed by atoms with Gasteiger partial charge in [0.05, 0.1) is 18.4 Å². The van der Waals surface area contributed by atoms with Crippen LogP contribution in [-0.2, 0) is 0 Å². The van der Waals surface area contributed by atoms with E-state index in [0.29, 0.717) is 31.6 Å². The molecule has 1 aliphatic rings. The first-order valence-electron chi connectivity index (χ1n) is 6.09. The summed E-state index contributed by atoms with van der Waals surface area (Å²) in [5.41, 5.74) is 0.690.